The Labute approximate surface area is 119 Å². The lowest BCUT2D eigenvalue weighted by Crippen LogP contribution is -2.29. The van der Waals surface area contributed by atoms with Gasteiger partial charge in [0.2, 0.25) is 0 Å². The zero-order chi connectivity index (χ0) is 15.4. The number of benzene rings is 1. The zero-order valence-corrected chi connectivity index (χ0v) is 11.2. The molecule has 1 amide bonds. The molecule has 8 nitrogen and oxygen atoms in total. The van der Waals surface area contributed by atoms with Crippen LogP contribution in [-0.2, 0) is 6.61 Å². The van der Waals surface area contributed by atoms with Crippen molar-refractivity contribution in [3.63, 3.8) is 0 Å². The molecule has 1 aromatic heterocycles. The standard InChI is InChI=1S/C13H13N3O5/c1-8-4-10(2-3-12(8)16(18)19)21-7-11-5-9(6-20-11)13(17)15-14/h2-6H,7,14H2,1H3,(H,15,17). The van der Waals surface area contributed by atoms with Crippen molar-refractivity contribution in [1.29, 1.82) is 0 Å². The summed E-state index contributed by atoms with van der Waals surface area (Å²) >= 11 is 0. The van der Waals surface area contributed by atoms with Gasteiger partial charge in [0.15, 0.2) is 0 Å². The summed E-state index contributed by atoms with van der Waals surface area (Å²) in [6.07, 6.45) is 1.27. The number of hydrogen-bond donors (Lipinski definition) is 2. The maximum atomic E-state index is 11.2. The van der Waals surface area contributed by atoms with E-state index in [1.54, 1.807) is 13.0 Å². The highest BCUT2D eigenvalue weighted by Gasteiger charge is 2.12. The number of amides is 1. The molecule has 0 fully saturated rings. The van der Waals surface area contributed by atoms with E-state index in [9.17, 15) is 14.9 Å². The molecule has 0 aliphatic heterocycles. The van der Waals surface area contributed by atoms with Crippen molar-refractivity contribution in [1.82, 2.24) is 5.43 Å². The first kappa shape index (κ1) is 14.5. The number of nitrogen functional groups attached to an aromatic ring is 1. The van der Waals surface area contributed by atoms with Crippen LogP contribution < -0.4 is 16.0 Å². The third kappa shape index (κ3) is 3.37. The molecule has 3 N–H and O–H groups in total. The highest BCUT2D eigenvalue weighted by Crippen LogP contribution is 2.23. The molecular weight excluding hydrogens is 278 g/mol. The molecule has 0 saturated carbocycles. The first-order valence-electron chi connectivity index (χ1n) is 5.97. The Balaban J connectivity index is 2.03. The van der Waals surface area contributed by atoms with Crippen LogP contribution >= 0.6 is 0 Å². The van der Waals surface area contributed by atoms with Gasteiger partial charge >= 0.3 is 0 Å². The number of nitro groups is 1. The topological polar surface area (TPSA) is 121 Å². The third-order valence-electron chi connectivity index (χ3n) is 2.79. The molecule has 0 atom stereocenters. The first-order valence-corrected chi connectivity index (χ1v) is 5.97. The van der Waals surface area contributed by atoms with Crippen molar-refractivity contribution in [2.24, 2.45) is 5.84 Å². The number of furan rings is 1. The molecule has 1 heterocycles. The molecule has 0 bridgehead atoms. The van der Waals surface area contributed by atoms with Crippen molar-refractivity contribution in [2.45, 2.75) is 13.5 Å². The molecule has 0 aliphatic rings. The fourth-order valence-electron chi connectivity index (χ4n) is 1.74. The summed E-state index contributed by atoms with van der Waals surface area (Å²) in [6, 6.07) is 5.94. The number of nitro benzene ring substituents is 1. The summed E-state index contributed by atoms with van der Waals surface area (Å²) in [5, 5.41) is 10.7. The summed E-state index contributed by atoms with van der Waals surface area (Å²) in [4.78, 5) is 21.5. The number of ether oxygens (including phenoxy) is 1. The minimum absolute atomic E-state index is 0.0299. The van der Waals surface area contributed by atoms with Gasteiger partial charge in [-0.2, -0.15) is 0 Å². The van der Waals surface area contributed by atoms with Gasteiger partial charge in [-0.1, -0.05) is 0 Å². The number of hydrazine groups is 1. The molecule has 110 valence electrons. The summed E-state index contributed by atoms with van der Waals surface area (Å²) in [5.74, 6) is 5.45. The average Bonchev–Trinajstić information content (AvgIpc) is 2.92. The number of nitrogens with two attached hydrogens (primary N) is 1. The number of carbonyl (C=O) groups is 1. The number of hydrogen-bond acceptors (Lipinski definition) is 6. The van der Waals surface area contributed by atoms with Gasteiger partial charge in [0.05, 0.1) is 10.5 Å². The van der Waals surface area contributed by atoms with Crippen molar-refractivity contribution < 1.29 is 18.9 Å². The first-order chi connectivity index (χ1) is 10.0. The number of carbonyl (C=O) groups excluding carboxylic acids is 1. The van der Waals surface area contributed by atoms with Gasteiger partial charge in [0.25, 0.3) is 11.6 Å². The second-order valence-electron chi connectivity index (χ2n) is 4.27. The predicted molar refractivity (Wildman–Crippen MR) is 72.5 cm³/mol. The molecule has 21 heavy (non-hydrogen) atoms. The van der Waals surface area contributed by atoms with Crippen LogP contribution in [0.4, 0.5) is 5.69 Å². The smallest absolute Gasteiger partial charge is 0.272 e. The van der Waals surface area contributed by atoms with Crippen molar-refractivity contribution >= 4 is 11.6 Å². The van der Waals surface area contributed by atoms with E-state index in [0.29, 0.717) is 17.1 Å². The summed E-state index contributed by atoms with van der Waals surface area (Å²) < 4.78 is 10.6. The maximum Gasteiger partial charge on any atom is 0.272 e. The largest absolute Gasteiger partial charge is 0.486 e. The van der Waals surface area contributed by atoms with Crippen molar-refractivity contribution in [3.8, 4) is 5.75 Å². The SMILES string of the molecule is Cc1cc(OCc2cc(C(=O)NN)co2)ccc1[N+](=O)[O-]. The van der Waals surface area contributed by atoms with Gasteiger partial charge in [0, 0.05) is 11.6 Å². The van der Waals surface area contributed by atoms with Crippen LogP contribution in [0, 0.1) is 17.0 Å². The van der Waals surface area contributed by atoms with Crippen LogP contribution in [0.15, 0.2) is 34.9 Å². The third-order valence-corrected chi connectivity index (χ3v) is 2.79. The lowest BCUT2D eigenvalue weighted by atomic mass is 10.2. The average molecular weight is 291 g/mol. The number of aryl methyl sites for hydroxylation is 1. The van der Waals surface area contributed by atoms with Crippen LogP contribution in [0.25, 0.3) is 0 Å². The molecule has 2 aromatic rings. The minimum atomic E-state index is -0.462. The van der Waals surface area contributed by atoms with Gasteiger partial charge < -0.3 is 9.15 Å². The quantitative estimate of drug-likeness (QED) is 0.374. The van der Waals surface area contributed by atoms with E-state index < -0.39 is 10.8 Å². The fraction of sp³-hybridized carbons (Fsp3) is 0.154. The molecule has 8 heteroatoms. The van der Waals surface area contributed by atoms with Gasteiger partial charge in [-0.05, 0) is 25.1 Å². The molecule has 2 rings (SSSR count). The van der Waals surface area contributed by atoms with Gasteiger partial charge in [-0.25, -0.2) is 5.84 Å². The van der Waals surface area contributed by atoms with E-state index in [2.05, 4.69) is 0 Å². The zero-order valence-electron chi connectivity index (χ0n) is 11.2. The normalized spacial score (nSPS) is 10.2. The summed E-state index contributed by atoms with van der Waals surface area (Å²) in [7, 11) is 0. The van der Waals surface area contributed by atoms with E-state index >= 15 is 0 Å². The maximum absolute atomic E-state index is 11.2. The van der Waals surface area contributed by atoms with Crippen LogP contribution in [0.3, 0.4) is 0 Å². The Morgan fingerprint density at radius 2 is 2.24 bits per heavy atom. The lowest BCUT2D eigenvalue weighted by Gasteiger charge is -2.05. The predicted octanol–water partition coefficient (Wildman–Crippen LogP) is 1.68. The van der Waals surface area contributed by atoms with Crippen molar-refractivity contribution in [2.75, 3.05) is 0 Å². The van der Waals surface area contributed by atoms with Crippen LogP contribution in [-0.4, -0.2) is 10.8 Å². The van der Waals surface area contributed by atoms with Gasteiger partial charge in [0.1, 0.15) is 24.4 Å². The van der Waals surface area contributed by atoms with E-state index in [4.69, 9.17) is 15.0 Å². The Morgan fingerprint density at radius 1 is 1.48 bits per heavy atom. The lowest BCUT2D eigenvalue weighted by molar-refractivity contribution is -0.385. The van der Waals surface area contributed by atoms with Crippen molar-refractivity contribution in [3.05, 3.63) is 57.5 Å². The molecule has 0 saturated heterocycles. The fourth-order valence-corrected chi connectivity index (χ4v) is 1.74. The van der Waals surface area contributed by atoms with Crippen LogP contribution in [0.1, 0.15) is 21.7 Å². The second kappa shape index (κ2) is 6.06. The summed E-state index contributed by atoms with van der Waals surface area (Å²) in [5.41, 5.74) is 2.81. The molecule has 0 aliphatic carbocycles. The van der Waals surface area contributed by atoms with E-state index in [0.717, 1.165) is 0 Å². The number of nitrogens with one attached hydrogen (secondary N) is 1. The number of rotatable bonds is 5. The monoisotopic (exact) mass is 291 g/mol. The van der Waals surface area contributed by atoms with E-state index in [1.807, 2.05) is 5.43 Å². The molecule has 0 spiro atoms. The van der Waals surface area contributed by atoms with Gasteiger partial charge in [-0.3, -0.25) is 20.3 Å². The Hall–Kier alpha value is -2.87. The minimum Gasteiger partial charge on any atom is -0.486 e. The Bertz CT molecular complexity index is 680. The highest BCUT2D eigenvalue weighted by molar-refractivity contribution is 5.93. The molecule has 0 unspecified atom stereocenters. The Morgan fingerprint density at radius 3 is 2.86 bits per heavy atom. The Kier molecular flexibility index (Phi) is 4.19. The highest BCUT2D eigenvalue weighted by atomic mass is 16.6. The second-order valence-corrected chi connectivity index (χ2v) is 4.27. The van der Waals surface area contributed by atoms with Crippen LogP contribution in [0.5, 0.6) is 5.75 Å². The molecule has 0 radical (unpaired) electrons. The van der Waals surface area contributed by atoms with Gasteiger partial charge in [-0.15, -0.1) is 0 Å². The summed E-state index contributed by atoms with van der Waals surface area (Å²) in [6.45, 7) is 1.72. The molecular formula is C13H13N3O5. The van der Waals surface area contributed by atoms with E-state index in [1.165, 1.54) is 24.5 Å². The van der Waals surface area contributed by atoms with Crippen LogP contribution in [0.2, 0.25) is 0 Å². The molecule has 1 aromatic carbocycles. The number of nitrogens with zero attached hydrogens (tertiary/aromatic N) is 1. The van der Waals surface area contributed by atoms with E-state index in [-0.39, 0.29) is 17.9 Å².